The molecule has 2 aromatic heterocycles. The van der Waals surface area contributed by atoms with Crippen molar-refractivity contribution < 1.29 is 18.2 Å². The number of primary amides is 1. The van der Waals surface area contributed by atoms with Crippen LogP contribution in [-0.2, 0) is 11.2 Å². The molecule has 9 heteroatoms. The molecule has 2 amide bonds. The highest BCUT2D eigenvalue weighted by molar-refractivity contribution is 6.03. The highest BCUT2D eigenvalue weighted by Gasteiger charge is 2.24. The summed E-state index contributed by atoms with van der Waals surface area (Å²) in [6.07, 6.45) is 0.710. The number of carbonyl (C=O) groups is 2. The van der Waals surface area contributed by atoms with E-state index in [4.69, 9.17) is 20.1 Å². The van der Waals surface area contributed by atoms with E-state index < -0.39 is 24.7 Å². The number of amides is 2. The van der Waals surface area contributed by atoms with Gasteiger partial charge in [0.15, 0.2) is 0 Å². The lowest BCUT2D eigenvalue weighted by molar-refractivity contribution is -0.117. The number of rotatable bonds is 7. The maximum atomic E-state index is 12.8. The molecule has 0 radical (unpaired) electrons. The molecular formula is C24H32N6O3. The molecular weight excluding hydrogens is 420 g/mol. The van der Waals surface area contributed by atoms with Crippen molar-refractivity contribution in [3.63, 3.8) is 0 Å². The van der Waals surface area contributed by atoms with Gasteiger partial charge in [-0.1, -0.05) is 50.2 Å². The second-order valence-electron chi connectivity index (χ2n) is 9.35. The lowest BCUT2D eigenvalue weighted by Crippen LogP contribution is -2.18. The van der Waals surface area contributed by atoms with Crippen molar-refractivity contribution in [2.24, 2.45) is 11.1 Å². The van der Waals surface area contributed by atoms with Crippen LogP contribution in [0.2, 0.25) is 0 Å². The molecule has 2 heterocycles. The molecule has 176 valence electrons. The number of nitrogen functional groups attached to an aromatic ring is 1. The number of aromatic nitrogens is 3. The zero-order valence-corrected chi connectivity index (χ0v) is 19.5. The number of anilines is 2. The van der Waals surface area contributed by atoms with E-state index in [0.29, 0.717) is 17.5 Å². The van der Waals surface area contributed by atoms with E-state index in [1.807, 2.05) is 0 Å². The van der Waals surface area contributed by atoms with Gasteiger partial charge in [-0.3, -0.25) is 14.9 Å². The minimum absolute atomic E-state index is 0.0346. The van der Waals surface area contributed by atoms with E-state index in [2.05, 4.69) is 36.3 Å². The Morgan fingerprint density at radius 1 is 1.24 bits per heavy atom. The van der Waals surface area contributed by atoms with Crippen molar-refractivity contribution in [2.75, 3.05) is 11.1 Å². The molecule has 5 N–H and O–H groups in total. The first-order chi connectivity index (χ1) is 16.6. The average molecular weight is 456 g/mol. The van der Waals surface area contributed by atoms with E-state index in [1.54, 1.807) is 37.3 Å². The van der Waals surface area contributed by atoms with Crippen molar-refractivity contribution in [3.05, 3.63) is 47.2 Å². The molecule has 0 aliphatic rings. The highest BCUT2D eigenvalue weighted by Crippen LogP contribution is 2.30. The van der Waals surface area contributed by atoms with Crippen LogP contribution in [0, 0.1) is 5.41 Å². The minimum atomic E-state index is -2.38. The average Bonchev–Trinajstić information content (AvgIpc) is 3.34. The number of hydrogen-bond donors (Lipinski definition) is 3. The lowest BCUT2D eigenvalue weighted by atomic mass is 9.91. The van der Waals surface area contributed by atoms with Crippen LogP contribution in [0.4, 0.5) is 11.7 Å². The van der Waals surface area contributed by atoms with Gasteiger partial charge in [0.2, 0.25) is 11.8 Å². The molecule has 0 spiro atoms. The van der Waals surface area contributed by atoms with Crippen molar-refractivity contribution in [1.82, 2.24) is 14.9 Å². The second kappa shape index (κ2) is 9.09. The monoisotopic (exact) mass is 455 g/mol. The summed E-state index contributed by atoms with van der Waals surface area (Å²) < 4.78 is 29.3. The first-order valence-electron chi connectivity index (χ1n) is 12.1. The Bertz CT molecular complexity index is 1260. The van der Waals surface area contributed by atoms with Crippen LogP contribution in [0.5, 0.6) is 0 Å². The quantitative estimate of drug-likeness (QED) is 0.489. The second-order valence-corrected chi connectivity index (χ2v) is 9.35. The topological polar surface area (TPSA) is 142 Å². The van der Waals surface area contributed by atoms with Gasteiger partial charge in [-0.2, -0.15) is 5.10 Å². The van der Waals surface area contributed by atoms with Gasteiger partial charge in [0.25, 0.3) is 5.91 Å². The molecule has 0 saturated carbocycles. The summed E-state index contributed by atoms with van der Waals surface area (Å²) in [4.78, 5) is 24.9. The van der Waals surface area contributed by atoms with E-state index in [1.165, 1.54) is 6.92 Å². The van der Waals surface area contributed by atoms with Gasteiger partial charge in [-0.25, -0.2) is 4.68 Å². The lowest BCUT2D eigenvalue weighted by Gasteiger charge is -2.15. The Morgan fingerprint density at radius 3 is 2.48 bits per heavy atom. The van der Waals surface area contributed by atoms with Gasteiger partial charge in [0.05, 0.1) is 11.6 Å². The SMILES string of the molecule is [2H]C([2H])([2H])C(C)n1nc(-c2ccc(C(C)C(=O)Nc3cc(CC(C)(C)C)no3)cc2)c(C(N)=O)c1N. The van der Waals surface area contributed by atoms with E-state index in [9.17, 15) is 9.59 Å². The number of benzene rings is 1. The zero-order chi connectivity index (χ0) is 27.0. The zero-order valence-electron chi connectivity index (χ0n) is 22.5. The molecule has 0 aliphatic carbocycles. The summed E-state index contributed by atoms with van der Waals surface area (Å²) in [5, 5.41) is 11.0. The first-order valence-corrected chi connectivity index (χ1v) is 10.6. The molecule has 2 atom stereocenters. The summed E-state index contributed by atoms with van der Waals surface area (Å²) in [6.45, 7) is 7.07. The third-order valence-electron chi connectivity index (χ3n) is 5.15. The van der Waals surface area contributed by atoms with Crippen LogP contribution in [0.3, 0.4) is 0 Å². The summed E-state index contributed by atoms with van der Waals surface area (Å²) in [5.74, 6) is -1.46. The fourth-order valence-corrected chi connectivity index (χ4v) is 3.50. The summed E-state index contributed by atoms with van der Waals surface area (Å²) >= 11 is 0. The molecule has 1 aromatic carbocycles. The molecule has 3 aromatic rings. The van der Waals surface area contributed by atoms with Crippen molar-refractivity contribution in [1.29, 1.82) is 0 Å². The van der Waals surface area contributed by atoms with Gasteiger partial charge in [0.1, 0.15) is 17.1 Å². The van der Waals surface area contributed by atoms with Crippen LogP contribution in [-0.4, -0.2) is 26.8 Å². The normalized spacial score (nSPS) is 15.2. The van der Waals surface area contributed by atoms with Crippen LogP contribution >= 0.6 is 0 Å². The van der Waals surface area contributed by atoms with Crippen LogP contribution in [0.25, 0.3) is 11.3 Å². The maximum Gasteiger partial charge on any atom is 0.254 e. The number of nitrogens with zero attached hydrogens (tertiary/aromatic N) is 3. The van der Waals surface area contributed by atoms with Gasteiger partial charge in [0, 0.05) is 21.8 Å². The smallest absolute Gasteiger partial charge is 0.254 e. The number of nitrogens with one attached hydrogen (secondary N) is 1. The van der Waals surface area contributed by atoms with Crippen LogP contribution in [0.1, 0.15) is 79.2 Å². The minimum Gasteiger partial charge on any atom is -0.383 e. The third kappa shape index (κ3) is 5.42. The molecule has 3 rings (SSSR count). The third-order valence-corrected chi connectivity index (χ3v) is 5.15. The first kappa shape index (κ1) is 20.0. The molecule has 33 heavy (non-hydrogen) atoms. The van der Waals surface area contributed by atoms with E-state index in [0.717, 1.165) is 10.4 Å². The van der Waals surface area contributed by atoms with Crippen LogP contribution in [0.15, 0.2) is 34.9 Å². The predicted molar refractivity (Wildman–Crippen MR) is 128 cm³/mol. The molecule has 0 bridgehead atoms. The van der Waals surface area contributed by atoms with Gasteiger partial charge < -0.3 is 16.0 Å². The molecule has 0 aliphatic heterocycles. The van der Waals surface area contributed by atoms with Crippen LogP contribution < -0.4 is 16.8 Å². The fourth-order valence-electron chi connectivity index (χ4n) is 3.50. The Labute approximate surface area is 197 Å². The van der Waals surface area contributed by atoms with Crippen molar-refractivity contribution in [3.8, 4) is 11.3 Å². The molecule has 2 unspecified atom stereocenters. The van der Waals surface area contributed by atoms with E-state index >= 15 is 0 Å². The number of carbonyl (C=O) groups excluding carboxylic acids is 2. The standard InChI is InChI=1S/C24H32N6O3/c1-13(2)30-21(25)19(22(26)31)20(28-30)16-9-7-15(8-10-16)14(3)23(32)27-18-11-17(29-33-18)12-24(4,5)6/h7-11,13-14H,12,25H2,1-6H3,(H2,26,31)(H,27,32)/i1D3. The summed E-state index contributed by atoms with van der Waals surface area (Å²) in [7, 11) is 0. The molecule has 0 saturated heterocycles. The van der Waals surface area contributed by atoms with E-state index in [-0.39, 0.29) is 34.3 Å². The van der Waals surface area contributed by atoms with Gasteiger partial charge in [-0.05, 0) is 38.1 Å². The predicted octanol–water partition coefficient (Wildman–Crippen LogP) is 4.13. The molecule has 0 fully saturated rings. The number of nitrogens with two attached hydrogens (primary N) is 2. The fraction of sp³-hybridized carbons (Fsp3) is 0.417. The largest absolute Gasteiger partial charge is 0.383 e. The van der Waals surface area contributed by atoms with Crippen molar-refractivity contribution in [2.45, 2.75) is 59.9 Å². The Kier molecular flexibility index (Phi) is 5.51. The van der Waals surface area contributed by atoms with Gasteiger partial charge >= 0.3 is 0 Å². The molecule has 9 nitrogen and oxygen atoms in total. The highest BCUT2D eigenvalue weighted by atomic mass is 16.5. The summed E-state index contributed by atoms with van der Waals surface area (Å²) in [6, 6.07) is 7.44. The Hall–Kier alpha value is -3.62. The maximum absolute atomic E-state index is 12.8. The Morgan fingerprint density at radius 2 is 1.91 bits per heavy atom. The van der Waals surface area contributed by atoms with Gasteiger partial charge in [-0.15, -0.1) is 0 Å². The number of hydrogen-bond acceptors (Lipinski definition) is 6. The van der Waals surface area contributed by atoms with Crippen molar-refractivity contribution >= 4 is 23.5 Å². The summed E-state index contributed by atoms with van der Waals surface area (Å²) in [5.41, 5.74) is 13.7. The Balaban J connectivity index is 1.81.